The van der Waals surface area contributed by atoms with Gasteiger partial charge in [-0.1, -0.05) is 0 Å². The molecule has 1 rings (SSSR count). The zero-order valence-electron chi connectivity index (χ0n) is 9.61. The number of hydrogen-bond donors (Lipinski definition) is 1. The van der Waals surface area contributed by atoms with Crippen LogP contribution < -0.4 is 4.72 Å². The number of benzene rings is 1. The van der Waals surface area contributed by atoms with Crippen LogP contribution in [0.15, 0.2) is 22.7 Å². The van der Waals surface area contributed by atoms with Crippen LogP contribution in [0.5, 0.6) is 0 Å². The molecule has 0 heterocycles. The van der Waals surface area contributed by atoms with E-state index in [-0.39, 0.29) is 10.2 Å². The van der Waals surface area contributed by atoms with Crippen LogP contribution in [0.4, 0.5) is 10.1 Å². The van der Waals surface area contributed by atoms with Gasteiger partial charge in [0.2, 0.25) is 10.0 Å². The summed E-state index contributed by atoms with van der Waals surface area (Å²) in [5, 5.41) is -1.36. The van der Waals surface area contributed by atoms with Gasteiger partial charge in [-0.15, -0.1) is 0 Å². The first-order chi connectivity index (χ1) is 8.27. The van der Waals surface area contributed by atoms with Crippen molar-refractivity contribution in [3.63, 3.8) is 0 Å². The molecule has 0 saturated heterocycles. The van der Waals surface area contributed by atoms with Crippen molar-refractivity contribution in [1.82, 2.24) is 0 Å². The third-order valence-corrected chi connectivity index (χ3v) is 4.47. The smallest absolute Gasteiger partial charge is 0.325 e. The lowest BCUT2D eigenvalue weighted by Crippen LogP contribution is -2.33. The molecule has 0 aliphatic carbocycles. The topological polar surface area (TPSA) is 72.5 Å². The summed E-state index contributed by atoms with van der Waals surface area (Å²) in [6.45, 7) is 1.20. The van der Waals surface area contributed by atoms with Crippen molar-refractivity contribution >= 4 is 37.6 Å². The van der Waals surface area contributed by atoms with Gasteiger partial charge in [-0.25, -0.2) is 12.8 Å². The number of nitrogens with one attached hydrogen (secondary N) is 1. The molecule has 1 N–H and O–H groups in total. The third-order valence-electron chi connectivity index (χ3n) is 2.18. The number of esters is 1. The second-order valence-electron chi connectivity index (χ2n) is 3.44. The van der Waals surface area contributed by atoms with Crippen LogP contribution in [0.3, 0.4) is 0 Å². The number of sulfonamides is 1. The van der Waals surface area contributed by atoms with Crippen molar-refractivity contribution in [3.8, 4) is 0 Å². The highest BCUT2D eigenvalue weighted by Gasteiger charge is 2.29. The van der Waals surface area contributed by atoms with Crippen molar-refractivity contribution in [2.75, 3.05) is 11.8 Å². The summed E-state index contributed by atoms with van der Waals surface area (Å²) in [7, 11) is -2.84. The van der Waals surface area contributed by atoms with Crippen LogP contribution in [0.25, 0.3) is 0 Å². The summed E-state index contributed by atoms with van der Waals surface area (Å²) in [4.78, 5) is 11.2. The molecule has 100 valence electrons. The van der Waals surface area contributed by atoms with Crippen molar-refractivity contribution in [3.05, 3.63) is 28.5 Å². The van der Waals surface area contributed by atoms with Crippen molar-refractivity contribution in [2.45, 2.75) is 12.2 Å². The number of anilines is 1. The van der Waals surface area contributed by atoms with E-state index in [4.69, 9.17) is 0 Å². The molecular formula is C10H11BrFNO4S. The third kappa shape index (κ3) is 3.42. The standard InChI is InChI=1S/C10H11BrFNO4S/c1-6(10(14)17-2)18(15,16)13-9-4-3-7(12)5-8(9)11/h3-6,13H,1-2H3. The van der Waals surface area contributed by atoms with E-state index in [0.29, 0.717) is 0 Å². The van der Waals surface area contributed by atoms with Crippen LogP contribution in [-0.2, 0) is 19.6 Å². The van der Waals surface area contributed by atoms with Crippen LogP contribution in [0.2, 0.25) is 0 Å². The lowest BCUT2D eigenvalue weighted by Gasteiger charge is -2.13. The number of carbonyl (C=O) groups excluding carboxylic acids is 1. The van der Waals surface area contributed by atoms with Gasteiger partial charge in [-0.2, -0.15) is 0 Å². The molecule has 1 atom stereocenters. The first kappa shape index (κ1) is 14.9. The Morgan fingerprint density at radius 1 is 1.50 bits per heavy atom. The molecule has 0 aliphatic heterocycles. The molecule has 0 fully saturated rings. The first-order valence-corrected chi connectivity index (χ1v) is 7.16. The Hall–Kier alpha value is -1.15. The Balaban J connectivity index is 2.99. The minimum absolute atomic E-state index is 0.146. The van der Waals surface area contributed by atoms with E-state index in [1.807, 2.05) is 0 Å². The van der Waals surface area contributed by atoms with E-state index in [1.165, 1.54) is 13.0 Å². The van der Waals surface area contributed by atoms with Gasteiger partial charge in [0.25, 0.3) is 0 Å². The fraction of sp³-hybridized carbons (Fsp3) is 0.300. The summed E-state index contributed by atoms with van der Waals surface area (Å²) in [6, 6.07) is 3.47. The van der Waals surface area contributed by atoms with Gasteiger partial charge < -0.3 is 4.74 Å². The monoisotopic (exact) mass is 339 g/mol. The van der Waals surface area contributed by atoms with E-state index in [0.717, 1.165) is 19.2 Å². The number of rotatable bonds is 4. The molecule has 0 aliphatic rings. The number of ether oxygens (including phenoxy) is 1. The quantitative estimate of drug-likeness (QED) is 0.850. The summed E-state index contributed by atoms with van der Waals surface area (Å²) in [5.74, 6) is -1.38. The normalized spacial score (nSPS) is 12.9. The lowest BCUT2D eigenvalue weighted by atomic mass is 10.3. The average Bonchev–Trinajstić information content (AvgIpc) is 2.30. The minimum atomic E-state index is -3.94. The van der Waals surface area contributed by atoms with E-state index in [2.05, 4.69) is 25.4 Å². The van der Waals surface area contributed by atoms with Gasteiger partial charge in [0.05, 0.1) is 12.8 Å². The van der Waals surface area contributed by atoms with Gasteiger partial charge in [0, 0.05) is 4.47 Å². The molecule has 0 spiro atoms. The first-order valence-electron chi connectivity index (χ1n) is 4.82. The van der Waals surface area contributed by atoms with Crippen molar-refractivity contribution < 1.29 is 22.3 Å². The van der Waals surface area contributed by atoms with Crippen LogP contribution in [0, 0.1) is 5.82 Å². The molecule has 1 aromatic rings. The Kier molecular flexibility index (Phi) is 4.69. The second kappa shape index (κ2) is 5.66. The van der Waals surface area contributed by atoms with Crippen molar-refractivity contribution in [1.29, 1.82) is 0 Å². The van der Waals surface area contributed by atoms with E-state index in [9.17, 15) is 17.6 Å². The Morgan fingerprint density at radius 2 is 2.11 bits per heavy atom. The zero-order valence-corrected chi connectivity index (χ0v) is 12.0. The SMILES string of the molecule is COC(=O)C(C)S(=O)(=O)Nc1ccc(F)cc1Br. The van der Waals surface area contributed by atoms with Crippen molar-refractivity contribution in [2.24, 2.45) is 0 Å². The molecule has 18 heavy (non-hydrogen) atoms. The molecule has 0 saturated carbocycles. The number of methoxy groups -OCH3 is 1. The van der Waals surface area contributed by atoms with Gasteiger partial charge in [-0.05, 0) is 41.1 Å². The molecule has 0 aromatic heterocycles. The summed E-state index contributed by atoms with van der Waals surface area (Å²) in [6.07, 6.45) is 0. The highest BCUT2D eigenvalue weighted by molar-refractivity contribution is 9.10. The van der Waals surface area contributed by atoms with E-state index >= 15 is 0 Å². The molecule has 1 aromatic carbocycles. The maximum Gasteiger partial charge on any atom is 0.325 e. The molecule has 0 amide bonds. The molecular weight excluding hydrogens is 329 g/mol. The zero-order chi connectivity index (χ0) is 13.9. The molecule has 0 bridgehead atoms. The second-order valence-corrected chi connectivity index (χ2v) is 6.29. The van der Waals surface area contributed by atoms with Gasteiger partial charge in [0.1, 0.15) is 5.82 Å². The van der Waals surface area contributed by atoms with Gasteiger partial charge in [0.15, 0.2) is 5.25 Å². The van der Waals surface area contributed by atoms with Crippen LogP contribution in [-0.4, -0.2) is 26.7 Å². The summed E-state index contributed by atoms with van der Waals surface area (Å²) >= 11 is 3.02. The average molecular weight is 340 g/mol. The molecule has 1 unspecified atom stereocenters. The number of carbonyl (C=O) groups is 1. The van der Waals surface area contributed by atoms with Crippen LogP contribution in [0.1, 0.15) is 6.92 Å². The predicted molar refractivity (Wildman–Crippen MR) is 68.1 cm³/mol. The fourth-order valence-electron chi connectivity index (χ4n) is 1.11. The highest BCUT2D eigenvalue weighted by atomic mass is 79.9. The minimum Gasteiger partial charge on any atom is -0.468 e. The molecule has 0 radical (unpaired) electrons. The van der Waals surface area contributed by atoms with E-state index < -0.39 is 27.1 Å². The Morgan fingerprint density at radius 3 is 2.61 bits per heavy atom. The van der Waals surface area contributed by atoms with Crippen LogP contribution >= 0.6 is 15.9 Å². The van der Waals surface area contributed by atoms with Gasteiger partial charge >= 0.3 is 5.97 Å². The lowest BCUT2D eigenvalue weighted by molar-refractivity contribution is -0.139. The Bertz CT molecular complexity index is 561. The highest BCUT2D eigenvalue weighted by Crippen LogP contribution is 2.24. The predicted octanol–water partition coefficient (Wildman–Crippen LogP) is 1.89. The molecule has 8 heteroatoms. The summed E-state index contributed by atoms with van der Waals surface area (Å²) < 4.78 is 43.2. The maximum atomic E-state index is 12.8. The fourth-order valence-corrected chi connectivity index (χ4v) is 2.70. The van der Waals surface area contributed by atoms with Gasteiger partial charge in [-0.3, -0.25) is 9.52 Å². The summed E-state index contributed by atoms with van der Waals surface area (Å²) in [5.41, 5.74) is 0.146. The number of hydrogen-bond acceptors (Lipinski definition) is 4. The largest absolute Gasteiger partial charge is 0.468 e. The maximum absolute atomic E-state index is 12.8. The number of halogens is 2. The molecule has 5 nitrogen and oxygen atoms in total. The van der Waals surface area contributed by atoms with E-state index in [1.54, 1.807) is 0 Å². The Labute approximate surface area is 113 Å².